The summed E-state index contributed by atoms with van der Waals surface area (Å²) in [6.07, 6.45) is 1.75. The molecule has 0 fully saturated rings. The van der Waals surface area contributed by atoms with Gasteiger partial charge in [-0.05, 0) is 19.8 Å². The third-order valence-electron chi connectivity index (χ3n) is 1.68. The average Bonchev–Trinajstić information content (AvgIpc) is 2.14. The van der Waals surface area contributed by atoms with E-state index in [0.717, 1.165) is 0 Å². The van der Waals surface area contributed by atoms with E-state index >= 15 is 0 Å². The molecule has 5 N–H and O–H groups in total. The van der Waals surface area contributed by atoms with Gasteiger partial charge in [0.05, 0.1) is 12.4 Å². The summed E-state index contributed by atoms with van der Waals surface area (Å²) < 4.78 is 12.9. The zero-order valence-corrected chi connectivity index (χ0v) is 8.59. The van der Waals surface area contributed by atoms with Gasteiger partial charge in [-0.2, -0.15) is 0 Å². The van der Waals surface area contributed by atoms with Gasteiger partial charge < -0.3 is 16.2 Å². The van der Waals surface area contributed by atoms with Crippen molar-refractivity contribution in [1.82, 2.24) is 5.32 Å². The van der Waals surface area contributed by atoms with Crippen molar-refractivity contribution in [2.45, 2.75) is 25.8 Å². The van der Waals surface area contributed by atoms with Crippen LogP contribution in [0.2, 0.25) is 0 Å². The number of amidine groups is 1. The third kappa shape index (κ3) is 7.63. The molecule has 0 amide bonds. The molecule has 0 spiro atoms. The molecule has 15 heavy (non-hydrogen) atoms. The number of hydrogen-bond acceptors (Lipinski definition) is 3. The molecule has 0 saturated carbocycles. The number of allylic oxidation sites excluding steroid dienone is 1. The number of aliphatic carboxylic acids is 1. The van der Waals surface area contributed by atoms with Crippen molar-refractivity contribution in [3.63, 3.8) is 0 Å². The van der Waals surface area contributed by atoms with E-state index in [2.05, 4.69) is 5.32 Å². The summed E-state index contributed by atoms with van der Waals surface area (Å²) in [5.74, 6) is -1.32. The molecular weight excluding hydrogens is 201 g/mol. The van der Waals surface area contributed by atoms with Crippen molar-refractivity contribution in [3.8, 4) is 0 Å². The van der Waals surface area contributed by atoms with E-state index in [1.807, 2.05) is 0 Å². The highest BCUT2D eigenvalue weighted by atomic mass is 19.1. The Morgan fingerprint density at radius 2 is 2.33 bits per heavy atom. The standard InChI is InChI=1S/C9H16FN3O2/c1-6(11)13-5-7(10)3-2-4-8(12)9(14)15/h3,8H,2,4-5,12H2,1H3,(H2,11,13)(H,14,15). The lowest BCUT2D eigenvalue weighted by Gasteiger charge is -2.04. The largest absolute Gasteiger partial charge is 0.480 e. The van der Waals surface area contributed by atoms with Gasteiger partial charge in [-0.25, -0.2) is 4.39 Å². The van der Waals surface area contributed by atoms with Crippen LogP contribution >= 0.6 is 0 Å². The molecule has 0 rings (SSSR count). The number of carboxylic acid groups (broad SMARTS) is 1. The number of nitrogens with one attached hydrogen (secondary N) is 2. The van der Waals surface area contributed by atoms with Crippen LogP contribution in [-0.2, 0) is 4.79 Å². The average molecular weight is 217 g/mol. The molecule has 0 radical (unpaired) electrons. The first-order chi connectivity index (χ1) is 6.93. The van der Waals surface area contributed by atoms with Gasteiger partial charge in [0.2, 0.25) is 0 Å². The van der Waals surface area contributed by atoms with Crippen molar-refractivity contribution in [2.75, 3.05) is 6.54 Å². The minimum atomic E-state index is -1.09. The first-order valence-corrected chi connectivity index (χ1v) is 4.55. The second kappa shape index (κ2) is 6.94. The lowest BCUT2D eigenvalue weighted by molar-refractivity contribution is -0.138. The van der Waals surface area contributed by atoms with Crippen LogP contribution in [0, 0.1) is 5.41 Å². The van der Waals surface area contributed by atoms with Gasteiger partial charge in [-0.1, -0.05) is 6.08 Å². The quantitative estimate of drug-likeness (QED) is 0.387. The van der Waals surface area contributed by atoms with E-state index in [1.54, 1.807) is 0 Å². The predicted octanol–water partition coefficient (Wildman–Crippen LogP) is 0.619. The molecule has 1 unspecified atom stereocenters. The van der Waals surface area contributed by atoms with Gasteiger partial charge in [0.1, 0.15) is 11.9 Å². The predicted molar refractivity (Wildman–Crippen MR) is 55.4 cm³/mol. The molecule has 0 bridgehead atoms. The molecule has 0 aromatic rings. The Balaban J connectivity index is 3.76. The Bertz CT molecular complexity index is 266. The normalized spacial score (nSPS) is 13.4. The second-order valence-electron chi connectivity index (χ2n) is 3.15. The smallest absolute Gasteiger partial charge is 0.320 e. The highest BCUT2D eigenvalue weighted by molar-refractivity contribution is 5.76. The molecule has 0 aliphatic heterocycles. The van der Waals surface area contributed by atoms with Gasteiger partial charge in [-0.15, -0.1) is 0 Å². The van der Waals surface area contributed by atoms with Crippen molar-refractivity contribution >= 4 is 11.8 Å². The van der Waals surface area contributed by atoms with Gasteiger partial charge in [0.25, 0.3) is 0 Å². The van der Waals surface area contributed by atoms with E-state index in [-0.39, 0.29) is 25.2 Å². The highest BCUT2D eigenvalue weighted by Gasteiger charge is 2.09. The summed E-state index contributed by atoms with van der Waals surface area (Å²) in [4.78, 5) is 10.3. The van der Waals surface area contributed by atoms with Crippen LogP contribution in [0.3, 0.4) is 0 Å². The minimum absolute atomic E-state index is 0.0440. The summed E-state index contributed by atoms with van der Waals surface area (Å²) >= 11 is 0. The zero-order chi connectivity index (χ0) is 11.8. The van der Waals surface area contributed by atoms with Crippen LogP contribution in [0.1, 0.15) is 19.8 Å². The Labute approximate surface area is 87.7 Å². The molecule has 0 aliphatic rings. The first-order valence-electron chi connectivity index (χ1n) is 4.55. The highest BCUT2D eigenvalue weighted by Crippen LogP contribution is 2.01. The van der Waals surface area contributed by atoms with Crippen molar-refractivity contribution in [2.24, 2.45) is 5.73 Å². The zero-order valence-electron chi connectivity index (χ0n) is 8.59. The molecule has 0 heterocycles. The number of carboxylic acids is 1. The lowest BCUT2D eigenvalue weighted by atomic mass is 10.1. The molecule has 86 valence electrons. The Hall–Kier alpha value is -1.43. The summed E-state index contributed by atoms with van der Waals surface area (Å²) in [6, 6.07) is -0.952. The lowest BCUT2D eigenvalue weighted by Crippen LogP contribution is -2.29. The number of hydrogen-bond donors (Lipinski definition) is 4. The molecule has 0 aromatic heterocycles. The fourth-order valence-electron chi connectivity index (χ4n) is 0.832. The van der Waals surface area contributed by atoms with Gasteiger partial charge in [-0.3, -0.25) is 10.2 Å². The summed E-state index contributed by atoms with van der Waals surface area (Å²) in [5, 5.41) is 17.9. The van der Waals surface area contributed by atoms with E-state index in [0.29, 0.717) is 0 Å². The van der Waals surface area contributed by atoms with E-state index in [4.69, 9.17) is 16.2 Å². The topological polar surface area (TPSA) is 99.2 Å². The van der Waals surface area contributed by atoms with Crippen molar-refractivity contribution < 1.29 is 14.3 Å². The maximum absolute atomic E-state index is 12.9. The Morgan fingerprint density at radius 1 is 1.73 bits per heavy atom. The fraction of sp³-hybridized carbons (Fsp3) is 0.556. The molecular formula is C9H16FN3O2. The molecule has 0 aliphatic carbocycles. The molecule has 1 atom stereocenters. The fourth-order valence-corrected chi connectivity index (χ4v) is 0.832. The number of halogens is 1. The SMILES string of the molecule is CC(=N)NCC(F)=CCCC(N)C(=O)O. The van der Waals surface area contributed by atoms with Crippen molar-refractivity contribution in [3.05, 3.63) is 11.9 Å². The van der Waals surface area contributed by atoms with Gasteiger partial charge in [0.15, 0.2) is 0 Å². The third-order valence-corrected chi connectivity index (χ3v) is 1.68. The molecule has 0 saturated heterocycles. The van der Waals surface area contributed by atoms with Crippen LogP contribution in [0.15, 0.2) is 11.9 Å². The molecule has 6 heteroatoms. The van der Waals surface area contributed by atoms with Gasteiger partial charge >= 0.3 is 5.97 Å². The van der Waals surface area contributed by atoms with Crippen molar-refractivity contribution in [1.29, 1.82) is 5.41 Å². The Kier molecular flexibility index (Phi) is 6.28. The number of nitrogens with two attached hydrogens (primary N) is 1. The molecule has 5 nitrogen and oxygen atoms in total. The minimum Gasteiger partial charge on any atom is -0.480 e. The van der Waals surface area contributed by atoms with Crippen LogP contribution < -0.4 is 11.1 Å². The van der Waals surface area contributed by atoms with E-state index < -0.39 is 17.8 Å². The maximum atomic E-state index is 12.9. The van der Waals surface area contributed by atoms with Crippen LogP contribution in [-0.4, -0.2) is 29.5 Å². The second-order valence-corrected chi connectivity index (χ2v) is 3.15. The van der Waals surface area contributed by atoms with Crippen LogP contribution in [0.5, 0.6) is 0 Å². The molecule has 0 aromatic carbocycles. The number of rotatable bonds is 6. The van der Waals surface area contributed by atoms with E-state index in [9.17, 15) is 9.18 Å². The van der Waals surface area contributed by atoms with Crippen LogP contribution in [0.4, 0.5) is 4.39 Å². The summed E-state index contributed by atoms with van der Waals surface area (Å²) in [6.45, 7) is 1.46. The van der Waals surface area contributed by atoms with E-state index in [1.165, 1.54) is 13.0 Å². The van der Waals surface area contributed by atoms with Gasteiger partial charge in [0, 0.05) is 0 Å². The first kappa shape index (κ1) is 13.6. The summed E-state index contributed by atoms with van der Waals surface area (Å²) in [7, 11) is 0. The monoisotopic (exact) mass is 217 g/mol. The number of carbonyl (C=O) groups is 1. The summed E-state index contributed by atoms with van der Waals surface area (Å²) in [5.41, 5.74) is 5.22. The Morgan fingerprint density at radius 3 is 2.80 bits per heavy atom. The maximum Gasteiger partial charge on any atom is 0.320 e. The van der Waals surface area contributed by atoms with Crippen LogP contribution in [0.25, 0.3) is 0 Å².